The molecule has 0 fully saturated rings. The molecule has 1 aromatic carbocycles. The van der Waals surface area contributed by atoms with Crippen LogP contribution in [0.4, 0.5) is 5.82 Å². The molecule has 1 N–H and O–H groups in total. The number of benzene rings is 1. The van der Waals surface area contributed by atoms with Crippen LogP contribution in [0.15, 0.2) is 36.7 Å². The van der Waals surface area contributed by atoms with Crippen LogP contribution in [0.3, 0.4) is 0 Å². The maximum absolute atomic E-state index is 5.20. The van der Waals surface area contributed by atoms with E-state index in [1.807, 2.05) is 18.2 Å². The number of rotatable bonds is 6. The highest BCUT2D eigenvalue weighted by atomic mass is 16.5. The van der Waals surface area contributed by atoms with Gasteiger partial charge in [0.25, 0.3) is 0 Å². The summed E-state index contributed by atoms with van der Waals surface area (Å²) in [5.74, 6) is 0.860. The van der Waals surface area contributed by atoms with E-state index in [2.05, 4.69) is 34.3 Å². The van der Waals surface area contributed by atoms with Gasteiger partial charge in [0.15, 0.2) is 0 Å². The summed E-state index contributed by atoms with van der Waals surface area (Å²) in [6, 6.07) is 10.2. The van der Waals surface area contributed by atoms with E-state index in [9.17, 15) is 0 Å². The van der Waals surface area contributed by atoms with Crippen LogP contribution in [0.5, 0.6) is 0 Å². The van der Waals surface area contributed by atoms with E-state index in [0.29, 0.717) is 6.61 Å². The van der Waals surface area contributed by atoms with E-state index >= 15 is 0 Å². The zero-order valence-corrected chi connectivity index (χ0v) is 11.4. The molecule has 0 atom stereocenters. The molecule has 1 aromatic heterocycles. The standard InChI is InChI=1S/C15H19N3O/c1-3-14-8-15(18-11-17-14)16-9-12-6-4-5-7-13(12)10-19-2/h4-8,11H,3,9-10H2,1-2H3,(H,16,17,18). The van der Waals surface area contributed by atoms with E-state index in [1.54, 1.807) is 13.4 Å². The lowest BCUT2D eigenvalue weighted by Crippen LogP contribution is -2.05. The molecule has 1 heterocycles. The molecular weight excluding hydrogens is 238 g/mol. The van der Waals surface area contributed by atoms with Gasteiger partial charge in [0, 0.05) is 25.4 Å². The van der Waals surface area contributed by atoms with Crippen LogP contribution < -0.4 is 5.32 Å². The molecule has 0 aliphatic rings. The maximum atomic E-state index is 5.20. The van der Waals surface area contributed by atoms with Crippen molar-refractivity contribution in [1.82, 2.24) is 9.97 Å². The zero-order valence-electron chi connectivity index (χ0n) is 11.4. The second-order valence-corrected chi connectivity index (χ2v) is 4.30. The Balaban J connectivity index is 2.05. The summed E-state index contributed by atoms with van der Waals surface area (Å²) < 4.78 is 5.20. The second kappa shape index (κ2) is 6.85. The van der Waals surface area contributed by atoms with Crippen molar-refractivity contribution < 1.29 is 4.74 Å². The Bertz CT molecular complexity index is 528. The van der Waals surface area contributed by atoms with Crippen LogP contribution in [0, 0.1) is 0 Å². The van der Waals surface area contributed by atoms with Crippen LogP contribution in [0.1, 0.15) is 23.7 Å². The SMILES string of the molecule is CCc1cc(NCc2ccccc2COC)ncn1. The van der Waals surface area contributed by atoms with Crippen LogP contribution >= 0.6 is 0 Å². The molecule has 0 saturated heterocycles. The zero-order chi connectivity index (χ0) is 13.5. The van der Waals surface area contributed by atoms with Gasteiger partial charge >= 0.3 is 0 Å². The van der Waals surface area contributed by atoms with Gasteiger partial charge in [-0.3, -0.25) is 0 Å². The van der Waals surface area contributed by atoms with Crippen molar-refractivity contribution in [3.63, 3.8) is 0 Å². The molecule has 0 bridgehead atoms. The third-order valence-corrected chi connectivity index (χ3v) is 2.96. The largest absolute Gasteiger partial charge is 0.380 e. The second-order valence-electron chi connectivity index (χ2n) is 4.30. The summed E-state index contributed by atoms with van der Waals surface area (Å²) in [5, 5.41) is 3.33. The van der Waals surface area contributed by atoms with Crippen LogP contribution in [0.25, 0.3) is 0 Å². The fourth-order valence-electron chi connectivity index (χ4n) is 1.90. The molecule has 0 unspecified atom stereocenters. The summed E-state index contributed by atoms with van der Waals surface area (Å²) in [7, 11) is 1.71. The minimum absolute atomic E-state index is 0.627. The summed E-state index contributed by atoms with van der Waals surface area (Å²) in [5.41, 5.74) is 3.46. The van der Waals surface area contributed by atoms with Crippen molar-refractivity contribution in [1.29, 1.82) is 0 Å². The number of nitrogens with one attached hydrogen (secondary N) is 1. The summed E-state index contributed by atoms with van der Waals surface area (Å²) in [6.07, 6.45) is 2.51. The van der Waals surface area contributed by atoms with E-state index in [1.165, 1.54) is 11.1 Å². The molecule has 0 aliphatic heterocycles. The predicted molar refractivity (Wildman–Crippen MR) is 75.9 cm³/mol. The molecule has 2 rings (SSSR count). The quantitative estimate of drug-likeness (QED) is 0.864. The van der Waals surface area contributed by atoms with Gasteiger partial charge in [0.05, 0.1) is 6.61 Å². The Kier molecular flexibility index (Phi) is 4.86. The van der Waals surface area contributed by atoms with Gasteiger partial charge in [-0.1, -0.05) is 31.2 Å². The first-order valence-corrected chi connectivity index (χ1v) is 6.44. The molecule has 0 aliphatic carbocycles. The lowest BCUT2D eigenvalue weighted by molar-refractivity contribution is 0.184. The minimum Gasteiger partial charge on any atom is -0.380 e. The average Bonchev–Trinajstić information content (AvgIpc) is 2.47. The molecule has 0 amide bonds. The maximum Gasteiger partial charge on any atom is 0.129 e. The average molecular weight is 257 g/mol. The number of aryl methyl sites for hydroxylation is 1. The third-order valence-electron chi connectivity index (χ3n) is 2.96. The van der Waals surface area contributed by atoms with Crippen molar-refractivity contribution in [3.8, 4) is 0 Å². The van der Waals surface area contributed by atoms with Gasteiger partial charge in [-0.05, 0) is 17.5 Å². The van der Waals surface area contributed by atoms with Crippen LogP contribution in [-0.4, -0.2) is 17.1 Å². The molecule has 100 valence electrons. The Labute approximate surface area is 113 Å². The number of hydrogen-bond donors (Lipinski definition) is 1. The molecule has 0 saturated carbocycles. The Hall–Kier alpha value is -1.94. The summed E-state index contributed by atoms with van der Waals surface area (Å²) in [4.78, 5) is 8.41. The summed E-state index contributed by atoms with van der Waals surface area (Å²) >= 11 is 0. The molecule has 19 heavy (non-hydrogen) atoms. The first-order valence-electron chi connectivity index (χ1n) is 6.44. The van der Waals surface area contributed by atoms with E-state index in [0.717, 1.165) is 24.5 Å². The Morgan fingerprint density at radius 1 is 1.16 bits per heavy atom. The van der Waals surface area contributed by atoms with Crippen molar-refractivity contribution in [2.45, 2.75) is 26.5 Å². The number of anilines is 1. The van der Waals surface area contributed by atoms with Gasteiger partial charge in [-0.25, -0.2) is 9.97 Å². The molecular formula is C15H19N3O. The van der Waals surface area contributed by atoms with Crippen molar-refractivity contribution in [2.24, 2.45) is 0 Å². The van der Waals surface area contributed by atoms with E-state index in [-0.39, 0.29) is 0 Å². The predicted octanol–water partition coefficient (Wildman–Crippen LogP) is 2.80. The van der Waals surface area contributed by atoms with Gasteiger partial charge in [-0.2, -0.15) is 0 Å². The number of methoxy groups -OCH3 is 1. The molecule has 4 heteroatoms. The molecule has 0 spiro atoms. The number of aromatic nitrogens is 2. The minimum atomic E-state index is 0.627. The fourth-order valence-corrected chi connectivity index (χ4v) is 1.90. The highest BCUT2D eigenvalue weighted by Crippen LogP contribution is 2.12. The van der Waals surface area contributed by atoms with Gasteiger partial charge in [0.1, 0.15) is 12.1 Å². The van der Waals surface area contributed by atoms with Gasteiger partial charge < -0.3 is 10.1 Å². The van der Waals surface area contributed by atoms with Crippen molar-refractivity contribution in [3.05, 3.63) is 53.5 Å². The first-order chi connectivity index (χ1) is 9.33. The Morgan fingerprint density at radius 2 is 1.95 bits per heavy atom. The molecule has 4 nitrogen and oxygen atoms in total. The number of ether oxygens (including phenoxy) is 1. The number of nitrogens with zero attached hydrogens (tertiary/aromatic N) is 2. The smallest absolute Gasteiger partial charge is 0.129 e. The molecule has 0 radical (unpaired) electrons. The molecule has 2 aromatic rings. The highest BCUT2D eigenvalue weighted by molar-refractivity contribution is 5.37. The van der Waals surface area contributed by atoms with Crippen molar-refractivity contribution in [2.75, 3.05) is 12.4 Å². The monoisotopic (exact) mass is 257 g/mol. The normalized spacial score (nSPS) is 10.4. The van der Waals surface area contributed by atoms with Gasteiger partial charge in [0.2, 0.25) is 0 Å². The Morgan fingerprint density at radius 3 is 2.68 bits per heavy atom. The van der Waals surface area contributed by atoms with Crippen LogP contribution in [0.2, 0.25) is 0 Å². The number of hydrogen-bond acceptors (Lipinski definition) is 4. The van der Waals surface area contributed by atoms with Crippen LogP contribution in [-0.2, 0) is 24.3 Å². The third kappa shape index (κ3) is 3.76. The van der Waals surface area contributed by atoms with Gasteiger partial charge in [-0.15, -0.1) is 0 Å². The summed E-state index contributed by atoms with van der Waals surface area (Å²) in [6.45, 7) is 3.45. The fraction of sp³-hybridized carbons (Fsp3) is 0.333. The van der Waals surface area contributed by atoms with E-state index < -0.39 is 0 Å². The van der Waals surface area contributed by atoms with Crippen molar-refractivity contribution >= 4 is 5.82 Å². The van der Waals surface area contributed by atoms with E-state index in [4.69, 9.17) is 4.74 Å². The lowest BCUT2D eigenvalue weighted by atomic mass is 10.1. The first kappa shape index (κ1) is 13.5. The highest BCUT2D eigenvalue weighted by Gasteiger charge is 2.02. The topological polar surface area (TPSA) is 47.0 Å². The lowest BCUT2D eigenvalue weighted by Gasteiger charge is -2.10.